The summed E-state index contributed by atoms with van der Waals surface area (Å²) in [4.78, 5) is 4.57. The van der Waals surface area contributed by atoms with Crippen LogP contribution in [0.5, 0.6) is 5.75 Å². The molecular weight excluding hydrogens is 298 g/mol. The Morgan fingerprint density at radius 1 is 1.25 bits per heavy atom. The van der Waals surface area contributed by atoms with Gasteiger partial charge in [0.25, 0.3) is 0 Å². The van der Waals surface area contributed by atoms with Crippen molar-refractivity contribution in [3.8, 4) is 5.75 Å². The Morgan fingerprint density at radius 2 is 2.08 bits per heavy atom. The first-order valence-corrected chi connectivity index (χ1v) is 9.09. The van der Waals surface area contributed by atoms with E-state index in [0.717, 1.165) is 48.1 Å². The molecule has 1 heterocycles. The zero-order valence-corrected chi connectivity index (χ0v) is 15.2. The molecule has 4 heteroatoms. The summed E-state index contributed by atoms with van der Waals surface area (Å²) in [7, 11) is 1.71. The maximum Gasteiger partial charge on any atom is 0.121 e. The lowest BCUT2D eigenvalue weighted by Gasteiger charge is -2.27. The molecule has 1 aromatic heterocycles. The Morgan fingerprint density at radius 3 is 2.79 bits per heavy atom. The summed E-state index contributed by atoms with van der Waals surface area (Å²) in [5, 5.41) is 4.86. The molecule has 0 aliphatic carbocycles. The predicted octanol–water partition coefficient (Wildman–Crippen LogP) is 4.59. The minimum absolute atomic E-state index is 0.425. The van der Waals surface area contributed by atoms with Crippen molar-refractivity contribution in [2.24, 2.45) is 11.7 Å². The summed E-state index contributed by atoms with van der Waals surface area (Å²) in [5.41, 5.74) is 7.73. The summed E-state index contributed by atoms with van der Waals surface area (Å²) < 4.78 is 5.47. The Balaban J connectivity index is 2.27. The number of hydrogen-bond donors (Lipinski definition) is 2. The van der Waals surface area contributed by atoms with E-state index in [1.165, 1.54) is 12.8 Å². The van der Waals surface area contributed by atoms with Crippen LogP contribution in [0, 0.1) is 5.92 Å². The number of hydrogen-bond acceptors (Lipinski definition) is 4. The minimum Gasteiger partial charge on any atom is -0.497 e. The highest BCUT2D eigenvalue weighted by Gasteiger charge is 2.18. The molecule has 3 N–H and O–H groups in total. The summed E-state index contributed by atoms with van der Waals surface area (Å²) in [6, 6.07) is 8.56. The minimum atomic E-state index is 0.425. The van der Waals surface area contributed by atoms with Gasteiger partial charge in [0, 0.05) is 23.7 Å². The third-order valence-corrected chi connectivity index (χ3v) is 4.66. The van der Waals surface area contributed by atoms with Crippen LogP contribution < -0.4 is 15.8 Å². The van der Waals surface area contributed by atoms with Crippen LogP contribution in [0.25, 0.3) is 10.9 Å². The van der Waals surface area contributed by atoms with Crippen LogP contribution in [0.2, 0.25) is 0 Å². The second-order valence-electron chi connectivity index (χ2n) is 6.55. The molecule has 0 amide bonds. The third kappa shape index (κ3) is 4.84. The number of nitrogens with zero attached hydrogens (tertiary/aromatic N) is 1. The van der Waals surface area contributed by atoms with E-state index in [4.69, 9.17) is 10.5 Å². The quantitative estimate of drug-likeness (QED) is 0.626. The lowest BCUT2D eigenvalue weighted by molar-refractivity contribution is 0.410. The van der Waals surface area contributed by atoms with Crippen molar-refractivity contribution in [1.29, 1.82) is 0 Å². The molecule has 0 fully saturated rings. The van der Waals surface area contributed by atoms with Gasteiger partial charge in [-0.1, -0.05) is 32.8 Å². The van der Waals surface area contributed by atoms with Crippen LogP contribution in [0.4, 0.5) is 5.69 Å². The molecule has 0 aliphatic heterocycles. The van der Waals surface area contributed by atoms with Gasteiger partial charge >= 0.3 is 0 Å². The fraction of sp³-hybridized carbons (Fsp3) is 0.550. The fourth-order valence-corrected chi connectivity index (χ4v) is 3.26. The van der Waals surface area contributed by atoms with Crippen LogP contribution in [0.3, 0.4) is 0 Å². The molecular formula is C20H31N3O. The third-order valence-electron chi connectivity index (χ3n) is 4.66. The van der Waals surface area contributed by atoms with Gasteiger partial charge in [0.05, 0.1) is 18.3 Å². The lowest BCUT2D eigenvalue weighted by atomic mass is 9.92. The van der Waals surface area contributed by atoms with E-state index in [2.05, 4.69) is 36.3 Å². The van der Waals surface area contributed by atoms with E-state index in [1.807, 2.05) is 18.3 Å². The van der Waals surface area contributed by atoms with Crippen molar-refractivity contribution in [2.45, 2.75) is 52.0 Å². The number of nitrogens with two attached hydrogens (primary N) is 1. The number of aromatic nitrogens is 1. The van der Waals surface area contributed by atoms with Crippen molar-refractivity contribution < 1.29 is 4.74 Å². The van der Waals surface area contributed by atoms with Crippen LogP contribution in [0.1, 0.15) is 46.0 Å². The van der Waals surface area contributed by atoms with Crippen molar-refractivity contribution in [3.05, 3.63) is 30.5 Å². The first kappa shape index (κ1) is 18.5. The molecule has 0 spiro atoms. The zero-order chi connectivity index (χ0) is 17.4. The number of benzene rings is 1. The van der Waals surface area contributed by atoms with Gasteiger partial charge in [0.15, 0.2) is 0 Å². The number of methoxy groups -OCH3 is 1. The second-order valence-corrected chi connectivity index (χ2v) is 6.55. The van der Waals surface area contributed by atoms with Crippen LogP contribution >= 0.6 is 0 Å². The summed E-state index contributed by atoms with van der Waals surface area (Å²) in [5.74, 6) is 1.47. The Bertz CT molecular complexity index is 629. The number of ether oxygens (including phenoxy) is 1. The first-order valence-electron chi connectivity index (χ1n) is 9.09. The van der Waals surface area contributed by atoms with Gasteiger partial charge in [-0.15, -0.1) is 0 Å². The Hall–Kier alpha value is -1.81. The zero-order valence-electron chi connectivity index (χ0n) is 15.2. The maximum atomic E-state index is 5.67. The number of nitrogens with one attached hydrogen (secondary N) is 1. The Kier molecular flexibility index (Phi) is 7.32. The fourth-order valence-electron chi connectivity index (χ4n) is 3.26. The number of rotatable bonds is 10. The van der Waals surface area contributed by atoms with E-state index >= 15 is 0 Å². The standard InChI is InChI=1S/C20H31N3O/c1-4-8-15(2)18(10-5-6-11-21)23-19-14-17(24-3)13-16-9-7-12-22-20(16)19/h7,9,12-15,18,23H,4-6,8,10-11,21H2,1-3H3. The summed E-state index contributed by atoms with van der Waals surface area (Å²) in [6.45, 7) is 5.34. The molecule has 2 atom stereocenters. The van der Waals surface area contributed by atoms with Gasteiger partial charge in [0.1, 0.15) is 5.75 Å². The SMILES string of the molecule is CCCC(C)C(CCCCN)Nc1cc(OC)cc2cccnc12. The first-order chi connectivity index (χ1) is 11.7. The molecule has 2 aromatic rings. The highest BCUT2D eigenvalue weighted by molar-refractivity contribution is 5.91. The average molecular weight is 329 g/mol. The van der Waals surface area contributed by atoms with Gasteiger partial charge in [-0.3, -0.25) is 4.98 Å². The largest absolute Gasteiger partial charge is 0.497 e. The smallest absolute Gasteiger partial charge is 0.121 e. The molecule has 0 radical (unpaired) electrons. The van der Waals surface area contributed by atoms with Crippen molar-refractivity contribution >= 4 is 16.6 Å². The Labute approximate surface area is 145 Å². The number of pyridine rings is 1. The molecule has 4 nitrogen and oxygen atoms in total. The number of fused-ring (bicyclic) bond motifs is 1. The highest BCUT2D eigenvalue weighted by atomic mass is 16.5. The number of unbranched alkanes of at least 4 members (excludes halogenated alkanes) is 1. The normalized spacial score (nSPS) is 13.7. The molecule has 1 aromatic carbocycles. The van der Waals surface area contributed by atoms with Crippen molar-refractivity contribution in [1.82, 2.24) is 4.98 Å². The van der Waals surface area contributed by atoms with Crippen LogP contribution in [-0.4, -0.2) is 24.7 Å². The van der Waals surface area contributed by atoms with E-state index in [1.54, 1.807) is 7.11 Å². The molecule has 0 aliphatic rings. The molecule has 2 rings (SSSR count). The summed E-state index contributed by atoms with van der Waals surface area (Å²) >= 11 is 0. The highest BCUT2D eigenvalue weighted by Crippen LogP contribution is 2.30. The number of anilines is 1. The van der Waals surface area contributed by atoms with Gasteiger partial charge in [0.2, 0.25) is 0 Å². The monoisotopic (exact) mass is 329 g/mol. The van der Waals surface area contributed by atoms with E-state index in [0.29, 0.717) is 12.0 Å². The molecule has 0 saturated carbocycles. The maximum absolute atomic E-state index is 5.67. The van der Waals surface area contributed by atoms with Gasteiger partial charge in [-0.05, 0) is 43.9 Å². The van der Waals surface area contributed by atoms with Gasteiger partial charge < -0.3 is 15.8 Å². The van der Waals surface area contributed by atoms with Gasteiger partial charge in [-0.2, -0.15) is 0 Å². The van der Waals surface area contributed by atoms with E-state index in [-0.39, 0.29) is 0 Å². The van der Waals surface area contributed by atoms with Crippen LogP contribution in [-0.2, 0) is 0 Å². The van der Waals surface area contributed by atoms with Gasteiger partial charge in [-0.25, -0.2) is 0 Å². The van der Waals surface area contributed by atoms with Crippen molar-refractivity contribution in [3.63, 3.8) is 0 Å². The molecule has 24 heavy (non-hydrogen) atoms. The molecule has 132 valence electrons. The molecule has 2 unspecified atom stereocenters. The van der Waals surface area contributed by atoms with Crippen molar-refractivity contribution in [2.75, 3.05) is 19.0 Å². The predicted molar refractivity (Wildman–Crippen MR) is 103 cm³/mol. The molecule has 0 bridgehead atoms. The van der Waals surface area contributed by atoms with E-state index in [9.17, 15) is 0 Å². The van der Waals surface area contributed by atoms with E-state index < -0.39 is 0 Å². The van der Waals surface area contributed by atoms with Crippen LogP contribution in [0.15, 0.2) is 30.5 Å². The second kappa shape index (κ2) is 9.48. The molecule has 0 saturated heterocycles. The summed E-state index contributed by atoms with van der Waals surface area (Å²) in [6.07, 6.45) is 7.62. The topological polar surface area (TPSA) is 60.2 Å². The lowest BCUT2D eigenvalue weighted by Crippen LogP contribution is -2.28. The average Bonchev–Trinajstić information content (AvgIpc) is 2.60.